The van der Waals surface area contributed by atoms with Crippen LogP contribution in [0.5, 0.6) is 0 Å². The SMILES string of the molecule is NC(N)=N/C(N)=N/OCc1ccc(Cl)c(Cl)c1. The second kappa shape index (κ2) is 6.17. The summed E-state index contributed by atoms with van der Waals surface area (Å²) in [6, 6.07) is 5.07. The van der Waals surface area contributed by atoms with Gasteiger partial charge in [-0.1, -0.05) is 29.3 Å². The summed E-state index contributed by atoms with van der Waals surface area (Å²) in [5.74, 6) is -0.352. The summed E-state index contributed by atoms with van der Waals surface area (Å²) in [7, 11) is 0. The molecule has 0 radical (unpaired) electrons. The number of oxime groups is 1. The molecule has 6 nitrogen and oxygen atoms in total. The standard InChI is InChI=1S/C9H11Cl2N5O/c10-6-2-1-5(3-7(6)11)4-17-16-9(14)15-8(12)13/h1-3H,4H2,(H6,12,13,14,15,16). The molecule has 0 spiro atoms. The third-order valence-corrected chi connectivity index (χ3v) is 2.36. The molecule has 1 rings (SSSR count). The van der Waals surface area contributed by atoms with Gasteiger partial charge in [0.1, 0.15) is 6.61 Å². The molecule has 0 saturated carbocycles. The highest BCUT2D eigenvalue weighted by Crippen LogP contribution is 2.22. The molecule has 0 aliphatic heterocycles. The van der Waals surface area contributed by atoms with E-state index in [1.54, 1.807) is 18.2 Å². The average molecular weight is 276 g/mol. The van der Waals surface area contributed by atoms with Crippen molar-refractivity contribution in [1.29, 1.82) is 0 Å². The number of rotatable bonds is 3. The van der Waals surface area contributed by atoms with Crippen LogP contribution in [-0.2, 0) is 11.4 Å². The third-order valence-electron chi connectivity index (χ3n) is 1.62. The van der Waals surface area contributed by atoms with Gasteiger partial charge in [0.15, 0.2) is 5.96 Å². The Bertz CT molecular complexity index is 457. The van der Waals surface area contributed by atoms with E-state index in [1.165, 1.54) is 0 Å². The first-order valence-corrected chi connectivity index (χ1v) is 5.23. The van der Waals surface area contributed by atoms with Gasteiger partial charge in [-0.2, -0.15) is 4.99 Å². The Hall–Kier alpha value is -1.66. The summed E-state index contributed by atoms with van der Waals surface area (Å²) in [6.45, 7) is 0.178. The maximum Gasteiger partial charge on any atom is 0.260 e. The highest BCUT2D eigenvalue weighted by molar-refractivity contribution is 6.42. The van der Waals surface area contributed by atoms with Crippen LogP contribution in [0.1, 0.15) is 5.56 Å². The first-order chi connectivity index (χ1) is 7.99. The number of nitrogens with zero attached hydrogens (tertiary/aromatic N) is 2. The minimum Gasteiger partial charge on any atom is -0.388 e. The molecule has 0 fully saturated rings. The van der Waals surface area contributed by atoms with Gasteiger partial charge in [0.05, 0.1) is 10.0 Å². The lowest BCUT2D eigenvalue weighted by molar-refractivity contribution is 0.130. The van der Waals surface area contributed by atoms with Gasteiger partial charge in [-0.3, -0.25) is 0 Å². The largest absolute Gasteiger partial charge is 0.388 e. The fourth-order valence-electron chi connectivity index (χ4n) is 0.955. The van der Waals surface area contributed by atoms with E-state index in [1.807, 2.05) is 0 Å². The van der Waals surface area contributed by atoms with Crippen molar-refractivity contribution in [1.82, 2.24) is 0 Å². The number of nitrogens with two attached hydrogens (primary N) is 3. The Morgan fingerprint density at radius 2 is 1.88 bits per heavy atom. The molecule has 0 bridgehead atoms. The van der Waals surface area contributed by atoms with Crippen LogP contribution in [-0.4, -0.2) is 11.9 Å². The Morgan fingerprint density at radius 1 is 1.18 bits per heavy atom. The topological polar surface area (TPSA) is 112 Å². The summed E-state index contributed by atoms with van der Waals surface area (Å²) in [5.41, 5.74) is 16.3. The number of hydrogen-bond acceptors (Lipinski definition) is 2. The molecule has 92 valence electrons. The van der Waals surface area contributed by atoms with Crippen LogP contribution in [0.3, 0.4) is 0 Å². The lowest BCUT2D eigenvalue weighted by atomic mass is 10.2. The van der Waals surface area contributed by atoms with Crippen molar-refractivity contribution in [2.45, 2.75) is 6.61 Å². The first kappa shape index (κ1) is 13.4. The maximum absolute atomic E-state index is 5.82. The lowest BCUT2D eigenvalue weighted by Crippen LogP contribution is -2.26. The third kappa shape index (κ3) is 4.80. The second-order valence-corrected chi connectivity index (χ2v) is 3.82. The van der Waals surface area contributed by atoms with Gasteiger partial charge in [0.25, 0.3) is 5.96 Å². The summed E-state index contributed by atoms with van der Waals surface area (Å²) in [6.07, 6.45) is 0. The molecule has 17 heavy (non-hydrogen) atoms. The highest BCUT2D eigenvalue weighted by atomic mass is 35.5. The van der Waals surface area contributed by atoms with E-state index in [2.05, 4.69) is 10.1 Å². The first-order valence-electron chi connectivity index (χ1n) is 4.48. The second-order valence-electron chi connectivity index (χ2n) is 3.01. The Kier molecular flexibility index (Phi) is 4.86. The van der Waals surface area contributed by atoms with E-state index < -0.39 is 0 Å². The van der Waals surface area contributed by atoms with Gasteiger partial charge in [-0.15, -0.1) is 0 Å². The lowest BCUT2D eigenvalue weighted by Gasteiger charge is -2.02. The zero-order chi connectivity index (χ0) is 12.8. The van der Waals surface area contributed by atoms with Crippen LogP contribution in [0.15, 0.2) is 28.3 Å². The molecule has 1 aromatic rings. The number of halogens is 2. The van der Waals surface area contributed by atoms with E-state index in [0.717, 1.165) is 5.56 Å². The monoisotopic (exact) mass is 275 g/mol. The molecule has 0 aliphatic carbocycles. The number of benzene rings is 1. The van der Waals surface area contributed by atoms with Gasteiger partial charge in [0.2, 0.25) is 0 Å². The zero-order valence-electron chi connectivity index (χ0n) is 8.73. The Morgan fingerprint density at radius 3 is 2.47 bits per heavy atom. The molecular formula is C9H11Cl2N5O. The van der Waals surface area contributed by atoms with E-state index in [-0.39, 0.29) is 18.5 Å². The van der Waals surface area contributed by atoms with Crippen LogP contribution < -0.4 is 17.2 Å². The fraction of sp³-hybridized carbons (Fsp3) is 0.111. The predicted octanol–water partition coefficient (Wildman–Crippen LogP) is 1.01. The van der Waals surface area contributed by atoms with Crippen molar-refractivity contribution in [2.75, 3.05) is 0 Å². The molecule has 0 aromatic heterocycles. The molecule has 1 aromatic carbocycles. The van der Waals surface area contributed by atoms with Crippen molar-refractivity contribution in [3.8, 4) is 0 Å². The van der Waals surface area contributed by atoms with Crippen LogP contribution >= 0.6 is 23.2 Å². The summed E-state index contributed by atoms with van der Waals surface area (Å²) >= 11 is 11.6. The van der Waals surface area contributed by atoms with E-state index >= 15 is 0 Å². The van der Waals surface area contributed by atoms with Gasteiger partial charge < -0.3 is 22.0 Å². The van der Waals surface area contributed by atoms with E-state index in [0.29, 0.717) is 10.0 Å². The molecular weight excluding hydrogens is 265 g/mol. The minimum atomic E-state index is -0.190. The minimum absolute atomic E-state index is 0.162. The zero-order valence-corrected chi connectivity index (χ0v) is 10.2. The van der Waals surface area contributed by atoms with Gasteiger partial charge in [-0.25, -0.2) is 0 Å². The molecule has 0 aliphatic rings. The van der Waals surface area contributed by atoms with Crippen molar-refractivity contribution in [3.05, 3.63) is 33.8 Å². The molecule has 0 saturated heterocycles. The van der Waals surface area contributed by atoms with Crippen LogP contribution in [0, 0.1) is 0 Å². The van der Waals surface area contributed by atoms with Crippen molar-refractivity contribution in [3.63, 3.8) is 0 Å². The molecule has 0 heterocycles. The molecule has 8 heteroatoms. The Labute approximate surface area is 108 Å². The van der Waals surface area contributed by atoms with Crippen LogP contribution in [0.4, 0.5) is 0 Å². The number of aliphatic imine (C=N–C) groups is 1. The van der Waals surface area contributed by atoms with Crippen molar-refractivity contribution >= 4 is 35.1 Å². The quantitative estimate of drug-likeness (QED) is 0.434. The van der Waals surface area contributed by atoms with Gasteiger partial charge in [-0.05, 0) is 22.9 Å². The normalized spacial score (nSPS) is 11.1. The molecule has 0 atom stereocenters. The predicted molar refractivity (Wildman–Crippen MR) is 68.7 cm³/mol. The number of guanidine groups is 2. The van der Waals surface area contributed by atoms with Gasteiger partial charge in [0, 0.05) is 0 Å². The van der Waals surface area contributed by atoms with Crippen LogP contribution in [0.2, 0.25) is 10.0 Å². The molecule has 0 unspecified atom stereocenters. The molecule has 6 N–H and O–H groups in total. The summed E-state index contributed by atoms with van der Waals surface area (Å²) < 4.78 is 0. The van der Waals surface area contributed by atoms with Gasteiger partial charge >= 0.3 is 0 Å². The Balaban J connectivity index is 2.56. The molecule has 0 amide bonds. The fourth-order valence-corrected chi connectivity index (χ4v) is 1.28. The average Bonchev–Trinajstić information content (AvgIpc) is 2.22. The van der Waals surface area contributed by atoms with Crippen molar-refractivity contribution < 1.29 is 4.84 Å². The number of hydrogen-bond donors (Lipinski definition) is 3. The van der Waals surface area contributed by atoms with Crippen molar-refractivity contribution in [2.24, 2.45) is 27.3 Å². The van der Waals surface area contributed by atoms with Crippen LogP contribution in [0.25, 0.3) is 0 Å². The van der Waals surface area contributed by atoms with E-state index in [9.17, 15) is 0 Å². The summed E-state index contributed by atoms with van der Waals surface area (Å²) in [4.78, 5) is 8.39. The summed E-state index contributed by atoms with van der Waals surface area (Å²) in [5, 5.41) is 4.39. The maximum atomic E-state index is 5.82. The highest BCUT2D eigenvalue weighted by Gasteiger charge is 1.99. The smallest absolute Gasteiger partial charge is 0.260 e. The van der Waals surface area contributed by atoms with E-state index in [4.69, 9.17) is 45.2 Å².